The van der Waals surface area contributed by atoms with Gasteiger partial charge >= 0.3 is 0 Å². The molecule has 1 aromatic heterocycles. The summed E-state index contributed by atoms with van der Waals surface area (Å²) in [4.78, 5) is 4.20. The van der Waals surface area contributed by atoms with Crippen molar-refractivity contribution < 1.29 is 4.74 Å². The van der Waals surface area contributed by atoms with Crippen molar-refractivity contribution in [3.8, 4) is 5.88 Å². The zero-order chi connectivity index (χ0) is 11.1. The van der Waals surface area contributed by atoms with Gasteiger partial charge < -0.3 is 10.5 Å². The second-order valence-electron chi connectivity index (χ2n) is 3.38. The molecule has 84 valence electrons. The van der Waals surface area contributed by atoms with Crippen molar-refractivity contribution >= 4 is 15.9 Å². The highest BCUT2D eigenvalue weighted by molar-refractivity contribution is 9.10. The van der Waals surface area contributed by atoms with Crippen LogP contribution < -0.4 is 10.5 Å². The van der Waals surface area contributed by atoms with E-state index in [2.05, 4.69) is 27.8 Å². The summed E-state index contributed by atoms with van der Waals surface area (Å²) in [5, 5.41) is 0. The Morgan fingerprint density at radius 2 is 2.27 bits per heavy atom. The number of halogens is 1. The van der Waals surface area contributed by atoms with Crippen molar-refractivity contribution in [2.45, 2.75) is 32.7 Å². The van der Waals surface area contributed by atoms with Crippen molar-refractivity contribution in [2.75, 3.05) is 6.61 Å². The lowest BCUT2D eigenvalue weighted by Crippen LogP contribution is -2.05. The van der Waals surface area contributed by atoms with Gasteiger partial charge in [-0.15, -0.1) is 0 Å². The molecular weight excluding hydrogens is 256 g/mol. The van der Waals surface area contributed by atoms with Crippen LogP contribution in [-0.2, 0) is 6.54 Å². The van der Waals surface area contributed by atoms with Gasteiger partial charge in [0.2, 0.25) is 5.88 Å². The molecule has 0 bridgehead atoms. The Kier molecular flexibility index (Phi) is 5.65. The Labute approximate surface area is 99.2 Å². The van der Waals surface area contributed by atoms with E-state index in [1.54, 1.807) is 6.20 Å². The zero-order valence-electron chi connectivity index (χ0n) is 9.00. The Bertz CT molecular complexity index is 305. The molecule has 0 aliphatic heterocycles. The van der Waals surface area contributed by atoms with Crippen LogP contribution >= 0.6 is 15.9 Å². The molecule has 1 aromatic rings. The van der Waals surface area contributed by atoms with Gasteiger partial charge in [-0.1, -0.05) is 19.8 Å². The first-order valence-corrected chi connectivity index (χ1v) is 6.04. The lowest BCUT2D eigenvalue weighted by Gasteiger charge is -2.08. The summed E-state index contributed by atoms with van der Waals surface area (Å²) >= 11 is 3.36. The van der Waals surface area contributed by atoms with E-state index in [4.69, 9.17) is 10.5 Å². The first kappa shape index (κ1) is 12.5. The van der Waals surface area contributed by atoms with Gasteiger partial charge in [0, 0.05) is 22.8 Å². The summed E-state index contributed by atoms with van der Waals surface area (Å²) in [6, 6.07) is 1.95. The number of hydrogen-bond donors (Lipinski definition) is 1. The average Bonchev–Trinajstić information content (AvgIpc) is 2.26. The minimum Gasteiger partial charge on any atom is -0.477 e. The summed E-state index contributed by atoms with van der Waals surface area (Å²) in [6.07, 6.45) is 5.18. The van der Waals surface area contributed by atoms with Crippen molar-refractivity contribution in [3.63, 3.8) is 0 Å². The molecule has 15 heavy (non-hydrogen) atoms. The predicted molar refractivity (Wildman–Crippen MR) is 64.8 cm³/mol. The molecule has 0 saturated carbocycles. The molecular formula is C11H17BrN2O. The van der Waals surface area contributed by atoms with Crippen LogP contribution in [0.2, 0.25) is 0 Å². The summed E-state index contributed by atoms with van der Waals surface area (Å²) in [5.41, 5.74) is 6.55. The van der Waals surface area contributed by atoms with Gasteiger partial charge in [0.05, 0.1) is 6.61 Å². The monoisotopic (exact) mass is 272 g/mol. The Hall–Kier alpha value is -0.610. The molecule has 0 aliphatic rings. The maximum absolute atomic E-state index is 5.61. The molecule has 4 heteroatoms. The third-order valence-corrected chi connectivity index (χ3v) is 2.53. The summed E-state index contributed by atoms with van der Waals surface area (Å²) < 4.78 is 6.51. The molecule has 1 heterocycles. The first-order valence-electron chi connectivity index (χ1n) is 5.25. The van der Waals surface area contributed by atoms with Gasteiger partial charge in [-0.05, 0) is 28.4 Å². The molecule has 0 aliphatic carbocycles. The second-order valence-corrected chi connectivity index (χ2v) is 4.29. The van der Waals surface area contributed by atoms with E-state index < -0.39 is 0 Å². The number of pyridine rings is 1. The van der Waals surface area contributed by atoms with Crippen LogP contribution in [0.15, 0.2) is 16.7 Å². The molecule has 0 spiro atoms. The quantitative estimate of drug-likeness (QED) is 0.811. The number of nitrogens with two attached hydrogens (primary N) is 1. The number of nitrogens with zero attached hydrogens (tertiary/aromatic N) is 1. The molecule has 3 nitrogen and oxygen atoms in total. The lowest BCUT2D eigenvalue weighted by molar-refractivity contribution is 0.291. The van der Waals surface area contributed by atoms with E-state index in [9.17, 15) is 0 Å². The number of rotatable bonds is 6. The minimum absolute atomic E-state index is 0.454. The number of hydrogen-bond acceptors (Lipinski definition) is 3. The maximum atomic E-state index is 5.61. The third kappa shape index (κ3) is 4.18. The fraction of sp³-hybridized carbons (Fsp3) is 0.545. The van der Waals surface area contributed by atoms with E-state index in [1.807, 2.05) is 6.07 Å². The van der Waals surface area contributed by atoms with Crippen LogP contribution in [0.25, 0.3) is 0 Å². The Balaban J connectivity index is 2.52. The predicted octanol–water partition coefficient (Wildman–Crippen LogP) is 2.87. The lowest BCUT2D eigenvalue weighted by atomic mass is 10.2. The zero-order valence-corrected chi connectivity index (χ0v) is 10.6. The van der Waals surface area contributed by atoms with Crippen LogP contribution in [0.4, 0.5) is 0 Å². The van der Waals surface area contributed by atoms with Crippen molar-refractivity contribution in [1.29, 1.82) is 0 Å². The summed E-state index contributed by atoms with van der Waals surface area (Å²) in [5.74, 6) is 0.664. The molecule has 2 N–H and O–H groups in total. The van der Waals surface area contributed by atoms with E-state index in [0.717, 1.165) is 23.1 Å². The third-order valence-electron chi connectivity index (χ3n) is 2.10. The van der Waals surface area contributed by atoms with E-state index in [0.29, 0.717) is 12.4 Å². The van der Waals surface area contributed by atoms with Crippen molar-refractivity contribution in [1.82, 2.24) is 4.98 Å². The molecule has 0 saturated heterocycles. The van der Waals surface area contributed by atoms with Crippen LogP contribution in [0, 0.1) is 0 Å². The van der Waals surface area contributed by atoms with Gasteiger partial charge in [-0.2, -0.15) is 0 Å². The van der Waals surface area contributed by atoms with Gasteiger partial charge in [-0.25, -0.2) is 4.98 Å². The largest absolute Gasteiger partial charge is 0.477 e. The number of aromatic nitrogens is 1. The van der Waals surface area contributed by atoms with Crippen LogP contribution in [0.3, 0.4) is 0 Å². The van der Waals surface area contributed by atoms with Gasteiger partial charge in [0.25, 0.3) is 0 Å². The van der Waals surface area contributed by atoms with E-state index in [-0.39, 0.29) is 0 Å². The minimum atomic E-state index is 0.454. The summed E-state index contributed by atoms with van der Waals surface area (Å²) in [6.45, 7) is 3.34. The molecule has 0 radical (unpaired) electrons. The highest BCUT2D eigenvalue weighted by Crippen LogP contribution is 2.19. The highest BCUT2D eigenvalue weighted by atomic mass is 79.9. The standard InChI is InChI=1S/C11H17BrN2O/c1-2-3-4-5-15-11-9(7-13)6-10(12)8-14-11/h6,8H,2-5,7,13H2,1H3. The van der Waals surface area contributed by atoms with Gasteiger partial charge in [-0.3, -0.25) is 0 Å². The summed E-state index contributed by atoms with van der Waals surface area (Å²) in [7, 11) is 0. The maximum Gasteiger partial charge on any atom is 0.217 e. The number of unbranched alkanes of at least 4 members (excludes halogenated alkanes) is 2. The Morgan fingerprint density at radius 3 is 2.93 bits per heavy atom. The smallest absolute Gasteiger partial charge is 0.217 e. The topological polar surface area (TPSA) is 48.1 Å². The number of ether oxygens (including phenoxy) is 1. The van der Waals surface area contributed by atoms with Crippen LogP contribution in [0.1, 0.15) is 31.7 Å². The molecule has 0 aromatic carbocycles. The molecule has 1 rings (SSSR count). The molecule has 0 amide bonds. The average molecular weight is 273 g/mol. The normalized spacial score (nSPS) is 10.3. The highest BCUT2D eigenvalue weighted by Gasteiger charge is 2.04. The SMILES string of the molecule is CCCCCOc1ncc(Br)cc1CN. The van der Waals surface area contributed by atoms with Crippen LogP contribution in [-0.4, -0.2) is 11.6 Å². The van der Waals surface area contributed by atoms with Crippen LogP contribution in [0.5, 0.6) is 5.88 Å². The van der Waals surface area contributed by atoms with Crippen molar-refractivity contribution in [2.24, 2.45) is 5.73 Å². The Morgan fingerprint density at radius 1 is 1.47 bits per heavy atom. The molecule has 0 atom stereocenters. The first-order chi connectivity index (χ1) is 7.27. The van der Waals surface area contributed by atoms with E-state index in [1.165, 1.54) is 12.8 Å². The van der Waals surface area contributed by atoms with Crippen molar-refractivity contribution in [3.05, 3.63) is 22.3 Å². The molecule has 0 unspecified atom stereocenters. The fourth-order valence-corrected chi connectivity index (χ4v) is 1.64. The van der Waals surface area contributed by atoms with E-state index >= 15 is 0 Å². The fourth-order valence-electron chi connectivity index (χ4n) is 1.27. The van der Waals surface area contributed by atoms with Gasteiger partial charge in [0.15, 0.2) is 0 Å². The molecule has 0 fully saturated rings. The van der Waals surface area contributed by atoms with Gasteiger partial charge in [0.1, 0.15) is 0 Å². The second kappa shape index (κ2) is 6.80.